The van der Waals surface area contributed by atoms with Crippen molar-refractivity contribution in [3.8, 4) is 0 Å². The van der Waals surface area contributed by atoms with Gasteiger partial charge in [0.2, 0.25) is 0 Å². The van der Waals surface area contributed by atoms with E-state index >= 15 is 0 Å². The smallest absolute Gasteiger partial charge is 0.416 e. The molecule has 0 amide bonds. The average Bonchev–Trinajstić information content (AvgIpc) is 2.53. The Morgan fingerprint density at radius 3 is 2.43 bits per heavy atom. The van der Waals surface area contributed by atoms with E-state index in [0.29, 0.717) is 6.29 Å². The van der Waals surface area contributed by atoms with Gasteiger partial charge in [0.25, 0.3) is 0 Å². The van der Waals surface area contributed by atoms with Gasteiger partial charge in [0.15, 0.2) is 6.29 Å². The second-order valence-corrected chi connectivity index (χ2v) is 4.58. The number of carbonyl (C=O) groups excluding carboxylic acids is 2. The summed E-state index contributed by atoms with van der Waals surface area (Å²) in [5.74, 6) is -0.646. The third kappa shape index (κ3) is 3.68. The van der Waals surface area contributed by atoms with Crippen LogP contribution in [-0.4, -0.2) is 19.4 Å². The van der Waals surface area contributed by atoms with Crippen LogP contribution in [0.4, 0.5) is 24.5 Å². The molecule has 0 bridgehead atoms. The minimum absolute atomic E-state index is 0.0395. The number of hydrogen-bond donors (Lipinski definition) is 1. The highest BCUT2D eigenvalue weighted by molar-refractivity contribution is 5.97. The lowest BCUT2D eigenvalue weighted by Gasteiger charge is -2.14. The van der Waals surface area contributed by atoms with Crippen LogP contribution in [0.25, 0.3) is 0 Å². The fourth-order valence-corrected chi connectivity index (χ4v) is 1.97. The molecule has 0 unspecified atom stereocenters. The number of para-hydroxylation sites is 1. The second kappa shape index (κ2) is 6.51. The number of ether oxygens (including phenoxy) is 1. The van der Waals surface area contributed by atoms with E-state index in [-0.39, 0.29) is 22.5 Å². The van der Waals surface area contributed by atoms with E-state index in [1.165, 1.54) is 19.2 Å². The SMILES string of the molecule is COC(=O)c1ccccc1Nc1cc(C(F)(F)F)ccc1C=O. The first-order valence-corrected chi connectivity index (χ1v) is 6.47. The zero-order chi connectivity index (χ0) is 17.0. The first-order chi connectivity index (χ1) is 10.9. The first kappa shape index (κ1) is 16.5. The zero-order valence-corrected chi connectivity index (χ0v) is 12.0. The highest BCUT2D eigenvalue weighted by Gasteiger charge is 2.31. The number of anilines is 2. The normalized spacial score (nSPS) is 11.0. The molecular formula is C16H12F3NO3. The maximum Gasteiger partial charge on any atom is 0.416 e. The Morgan fingerprint density at radius 1 is 1.13 bits per heavy atom. The molecule has 0 atom stereocenters. The van der Waals surface area contributed by atoms with Crippen molar-refractivity contribution in [3.63, 3.8) is 0 Å². The van der Waals surface area contributed by atoms with Crippen molar-refractivity contribution in [1.82, 2.24) is 0 Å². The Hall–Kier alpha value is -2.83. The maximum atomic E-state index is 12.8. The topological polar surface area (TPSA) is 55.4 Å². The van der Waals surface area contributed by atoms with E-state index in [9.17, 15) is 22.8 Å². The highest BCUT2D eigenvalue weighted by atomic mass is 19.4. The van der Waals surface area contributed by atoms with E-state index in [2.05, 4.69) is 10.1 Å². The van der Waals surface area contributed by atoms with E-state index in [0.717, 1.165) is 18.2 Å². The van der Waals surface area contributed by atoms with Gasteiger partial charge in [0, 0.05) is 11.3 Å². The summed E-state index contributed by atoms with van der Waals surface area (Å²) in [7, 11) is 1.19. The van der Waals surface area contributed by atoms with Crippen LogP contribution in [0.1, 0.15) is 26.3 Å². The molecule has 0 aromatic heterocycles. The summed E-state index contributed by atoms with van der Waals surface area (Å²) in [6.07, 6.45) is -4.11. The van der Waals surface area contributed by atoms with Crippen LogP contribution in [0.15, 0.2) is 42.5 Å². The van der Waals surface area contributed by atoms with Gasteiger partial charge in [-0.05, 0) is 30.3 Å². The molecule has 0 aliphatic carbocycles. The van der Waals surface area contributed by atoms with Gasteiger partial charge in [-0.2, -0.15) is 13.2 Å². The molecular weight excluding hydrogens is 311 g/mol. The van der Waals surface area contributed by atoms with Crippen LogP contribution < -0.4 is 5.32 Å². The summed E-state index contributed by atoms with van der Waals surface area (Å²) in [5, 5.41) is 2.69. The Morgan fingerprint density at radius 2 is 1.83 bits per heavy atom. The quantitative estimate of drug-likeness (QED) is 0.681. The van der Waals surface area contributed by atoms with Crippen molar-refractivity contribution in [2.45, 2.75) is 6.18 Å². The molecule has 0 heterocycles. The summed E-state index contributed by atoms with van der Waals surface area (Å²) >= 11 is 0. The first-order valence-electron chi connectivity index (χ1n) is 6.47. The van der Waals surface area contributed by atoms with Crippen molar-refractivity contribution < 1.29 is 27.5 Å². The van der Waals surface area contributed by atoms with Crippen molar-refractivity contribution >= 4 is 23.6 Å². The summed E-state index contributed by atoms with van der Waals surface area (Å²) < 4.78 is 43.1. The number of alkyl halides is 3. The lowest BCUT2D eigenvalue weighted by Crippen LogP contribution is -2.09. The van der Waals surface area contributed by atoms with Crippen LogP contribution in [0.3, 0.4) is 0 Å². The molecule has 2 aromatic rings. The number of carbonyl (C=O) groups is 2. The van der Waals surface area contributed by atoms with E-state index in [4.69, 9.17) is 0 Å². The Kier molecular flexibility index (Phi) is 4.68. The molecule has 2 aromatic carbocycles. The maximum absolute atomic E-state index is 12.8. The number of hydrogen-bond acceptors (Lipinski definition) is 4. The van der Waals surface area contributed by atoms with Crippen LogP contribution >= 0.6 is 0 Å². The molecule has 0 aliphatic rings. The molecule has 0 fully saturated rings. The van der Waals surface area contributed by atoms with Crippen molar-refractivity contribution in [1.29, 1.82) is 0 Å². The Balaban J connectivity index is 2.48. The van der Waals surface area contributed by atoms with Gasteiger partial charge < -0.3 is 10.1 Å². The van der Waals surface area contributed by atoms with E-state index in [1.807, 2.05) is 0 Å². The summed E-state index contributed by atoms with van der Waals surface area (Å²) in [4.78, 5) is 22.7. The van der Waals surface area contributed by atoms with Crippen molar-refractivity contribution in [2.75, 3.05) is 12.4 Å². The largest absolute Gasteiger partial charge is 0.465 e. The van der Waals surface area contributed by atoms with Gasteiger partial charge >= 0.3 is 12.1 Å². The highest BCUT2D eigenvalue weighted by Crippen LogP contribution is 2.33. The summed E-state index contributed by atoms with van der Waals surface area (Å²) in [5.41, 5.74) is -0.531. The molecule has 23 heavy (non-hydrogen) atoms. The monoisotopic (exact) mass is 323 g/mol. The standard InChI is InChI=1S/C16H12F3NO3/c1-23-15(22)12-4-2-3-5-13(12)20-14-8-11(16(17,18)19)7-6-10(14)9-21/h2-9,20H,1H3. The minimum Gasteiger partial charge on any atom is -0.465 e. The third-order valence-corrected chi connectivity index (χ3v) is 3.11. The van der Waals surface area contributed by atoms with Gasteiger partial charge in [0.1, 0.15) is 0 Å². The second-order valence-electron chi connectivity index (χ2n) is 4.58. The van der Waals surface area contributed by atoms with E-state index in [1.54, 1.807) is 12.1 Å². The number of rotatable bonds is 4. The minimum atomic E-state index is -4.54. The average molecular weight is 323 g/mol. The fourth-order valence-electron chi connectivity index (χ4n) is 1.97. The number of aldehydes is 1. The number of methoxy groups -OCH3 is 1. The van der Waals surface area contributed by atoms with Crippen LogP contribution in [0.2, 0.25) is 0 Å². The fraction of sp³-hybridized carbons (Fsp3) is 0.125. The molecule has 2 rings (SSSR count). The number of benzene rings is 2. The molecule has 0 saturated carbocycles. The zero-order valence-electron chi connectivity index (χ0n) is 12.0. The molecule has 0 aliphatic heterocycles. The van der Waals surface area contributed by atoms with Gasteiger partial charge in [0.05, 0.1) is 23.9 Å². The lowest BCUT2D eigenvalue weighted by molar-refractivity contribution is -0.137. The molecule has 1 N–H and O–H groups in total. The van der Waals surface area contributed by atoms with Crippen LogP contribution in [0.5, 0.6) is 0 Å². The van der Waals surface area contributed by atoms with Crippen LogP contribution in [0, 0.1) is 0 Å². The van der Waals surface area contributed by atoms with Crippen molar-refractivity contribution in [2.24, 2.45) is 0 Å². The summed E-state index contributed by atoms with van der Waals surface area (Å²) in [6, 6.07) is 8.86. The molecule has 120 valence electrons. The Labute approximate surface area is 129 Å². The van der Waals surface area contributed by atoms with Gasteiger partial charge in [-0.3, -0.25) is 4.79 Å². The molecule has 7 heteroatoms. The van der Waals surface area contributed by atoms with Gasteiger partial charge in [-0.15, -0.1) is 0 Å². The molecule has 0 spiro atoms. The van der Waals surface area contributed by atoms with E-state index < -0.39 is 17.7 Å². The van der Waals surface area contributed by atoms with Crippen molar-refractivity contribution in [3.05, 3.63) is 59.2 Å². The number of nitrogens with one attached hydrogen (secondary N) is 1. The lowest BCUT2D eigenvalue weighted by atomic mass is 10.1. The molecule has 0 radical (unpaired) electrons. The third-order valence-electron chi connectivity index (χ3n) is 3.11. The van der Waals surface area contributed by atoms with Gasteiger partial charge in [-0.1, -0.05) is 12.1 Å². The number of esters is 1. The van der Waals surface area contributed by atoms with Gasteiger partial charge in [-0.25, -0.2) is 4.79 Å². The van der Waals surface area contributed by atoms with Crippen LogP contribution in [-0.2, 0) is 10.9 Å². The number of halogens is 3. The molecule has 0 saturated heterocycles. The predicted octanol–water partition coefficient (Wildman–Crippen LogP) is 4.05. The Bertz CT molecular complexity index is 742. The predicted molar refractivity (Wildman–Crippen MR) is 77.9 cm³/mol. The molecule has 4 nitrogen and oxygen atoms in total. The summed E-state index contributed by atoms with van der Waals surface area (Å²) in [6.45, 7) is 0.